The van der Waals surface area contributed by atoms with Crippen LogP contribution in [-0.4, -0.2) is 45.1 Å². The van der Waals surface area contributed by atoms with Gasteiger partial charge in [0.05, 0.1) is 24.5 Å². The minimum Gasteiger partial charge on any atom is -0.481 e. The molecular weight excluding hydrogens is 336 g/mol. The van der Waals surface area contributed by atoms with Crippen LogP contribution in [-0.2, 0) is 9.59 Å². The van der Waals surface area contributed by atoms with Crippen LogP contribution in [0.25, 0.3) is 0 Å². The lowest BCUT2D eigenvalue weighted by Crippen LogP contribution is -2.39. The highest BCUT2D eigenvalue weighted by Crippen LogP contribution is 2.30. The summed E-state index contributed by atoms with van der Waals surface area (Å²) in [5, 5.41) is 35.4. The average molecular weight is 379 g/mol. The maximum atomic E-state index is 9.93. The summed E-state index contributed by atoms with van der Waals surface area (Å²) >= 11 is 0. The molecule has 0 radical (unpaired) electrons. The fourth-order valence-electron chi connectivity index (χ4n) is 1.67. The number of rotatable bonds is 9. The van der Waals surface area contributed by atoms with Gasteiger partial charge in [0.1, 0.15) is 0 Å². The molecule has 0 fully saturated rings. The molecule has 158 valence electrons. The molecule has 5 atom stereocenters. The Kier molecular flexibility index (Phi) is 18.3. The van der Waals surface area contributed by atoms with Gasteiger partial charge < -0.3 is 20.4 Å². The van der Waals surface area contributed by atoms with Crippen LogP contribution in [0.3, 0.4) is 0 Å². The monoisotopic (exact) mass is 378 g/mol. The molecule has 6 heteroatoms. The van der Waals surface area contributed by atoms with E-state index in [2.05, 4.69) is 6.92 Å². The molecule has 0 rings (SSSR count). The molecule has 0 saturated carbocycles. The summed E-state index contributed by atoms with van der Waals surface area (Å²) in [6.45, 7) is 15.2. The number of hydrogen-bond acceptors (Lipinski definition) is 4. The first-order valence-corrected chi connectivity index (χ1v) is 9.62. The molecule has 6 nitrogen and oxygen atoms in total. The van der Waals surface area contributed by atoms with Gasteiger partial charge in [-0.25, -0.2) is 0 Å². The SMILES string of the molecule is CCC(C)C(=O)O.CCC(C)C(=O)O.CCC(C)C(O)C(C)(CC)CO. The average Bonchev–Trinajstić information content (AvgIpc) is 2.65. The van der Waals surface area contributed by atoms with Crippen LogP contribution in [0.2, 0.25) is 0 Å². The van der Waals surface area contributed by atoms with Gasteiger partial charge in [-0.15, -0.1) is 0 Å². The van der Waals surface area contributed by atoms with Gasteiger partial charge in [0.15, 0.2) is 0 Å². The van der Waals surface area contributed by atoms with Gasteiger partial charge in [-0.2, -0.15) is 0 Å². The summed E-state index contributed by atoms with van der Waals surface area (Å²) in [5.41, 5.74) is -0.324. The Labute approximate surface area is 159 Å². The zero-order valence-corrected chi connectivity index (χ0v) is 18.0. The highest BCUT2D eigenvalue weighted by molar-refractivity contribution is 5.69. The van der Waals surface area contributed by atoms with Crippen molar-refractivity contribution in [2.24, 2.45) is 23.2 Å². The highest BCUT2D eigenvalue weighted by Gasteiger charge is 2.33. The van der Waals surface area contributed by atoms with Crippen molar-refractivity contribution in [3.63, 3.8) is 0 Å². The molecule has 0 spiro atoms. The molecule has 26 heavy (non-hydrogen) atoms. The molecule has 0 aliphatic carbocycles. The van der Waals surface area contributed by atoms with E-state index in [0.29, 0.717) is 0 Å². The first-order chi connectivity index (χ1) is 11.9. The van der Waals surface area contributed by atoms with Crippen LogP contribution in [0.15, 0.2) is 0 Å². The number of hydrogen-bond donors (Lipinski definition) is 4. The third kappa shape index (κ3) is 13.1. The molecular formula is C20H42O6. The summed E-state index contributed by atoms with van der Waals surface area (Å²) in [5.74, 6) is -1.51. The number of aliphatic hydroxyl groups is 2. The second-order valence-corrected chi connectivity index (χ2v) is 7.29. The van der Waals surface area contributed by atoms with Gasteiger partial charge in [-0.1, -0.05) is 61.8 Å². The number of aliphatic carboxylic acids is 2. The number of carbonyl (C=O) groups is 2. The molecule has 0 saturated heterocycles. The largest absolute Gasteiger partial charge is 0.481 e. The lowest BCUT2D eigenvalue weighted by Gasteiger charge is -2.35. The molecule has 0 aliphatic heterocycles. The minimum atomic E-state index is -0.706. The summed E-state index contributed by atoms with van der Waals surface area (Å²) < 4.78 is 0. The van der Waals surface area contributed by atoms with E-state index in [-0.39, 0.29) is 29.8 Å². The van der Waals surface area contributed by atoms with E-state index in [1.807, 2.05) is 34.6 Å². The van der Waals surface area contributed by atoms with Crippen molar-refractivity contribution in [2.75, 3.05) is 6.61 Å². The van der Waals surface area contributed by atoms with Crippen LogP contribution in [0.4, 0.5) is 0 Å². The number of aliphatic hydroxyl groups excluding tert-OH is 2. The molecule has 0 amide bonds. The molecule has 0 aromatic carbocycles. The molecule has 0 heterocycles. The van der Waals surface area contributed by atoms with E-state index in [1.165, 1.54) is 0 Å². The maximum Gasteiger partial charge on any atom is 0.306 e. The summed E-state index contributed by atoms with van der Waals surface area (Å²) in [6.07, 6.45) is 2.81. The Morgan fingerprint density at radius 3 is 1.31 bits per heavy atom. The first kappa shape index (κ1) is 29.6. The smallest absolute Gasteiger partial charge is 0.306 e. The van der Waals surface area contributed by atoms with Crippen molar-refractivity contribution < 1.29 is 30.0 Å². The van der Waals surface area contributed by atoms with Crippen molar-refractivity contribution >= 4 is 11.9 Å². The van der Waals surface area contributed by atoms with E-state index in [4.69, 9.17) is 15.3 Å². The summed E-state index contributed by atoms with van der Waals surface area (Å²) in [4.78, 5) is 19.9. The second-order valence-electron chi connectivity index (χ2n) is 7.29. The Morgan fingerprint density at radius 1 is 0.846 bits per heavy atom. The Morgan fingerprint density at radius 2 is 1.19 bits per heavy atom. The molecule has 0 aromatic heterocycles. The lowest BCUT2D eigenvalue weighted by atomic mass is 9.76. The van der Waals surface area contributed by atoms with E-state index in [0.717, 1.165) is 25.7 Å². The van der Waals surface area contributed by atoms with E-state index < -0.39 is 18.0 Å². The standard InChI is InChI=1S/C10H22O2.2C5H10O2/c1-5-8(3)9(12)10(4,6-2)7-11;2*1-3-4(2)5(6)7/h8-9,11-12H,5-7H2,1-4H3;2*4H,3H2,1-2H3,(H,6,7). The Bertz CT molecular complexity index is 345. The van der Waals surface area contributed by atoms with Gasteiger partial charge in [-0.3, -0.25) is 9.59 Å². The summed E-state index contributed by atoms with van der Waals surface area (Å²) in [6, 6.07) is 0. The topological polar surface area (TPSA) is 115 Å². The van der Waals surface area contributed by atoms with Crippen LogP contribution in [0.5, 0.6) is 0 Å². The predicted molar refractivity (Wildman–Crippen MR) is 105 cm³/mol. The van der Waals surface area contributed by atoms with Gasteiger partial charge in [0.25, 0.3) is 0 Å². The quantitative estimate of drug-likeness (QED) is 0.481. The normalized spacial score (nSPS) is 17.2. The van der Waals surface area contributed by atoms with E-state index in [9.17, 15) is 14.7 Å². The zero-order chi connectivity index (χ0) is 21.5. The molecule has 0 aromatic rings. The maximum absolute atomic E-state index is 9.93. The molecule has 4 N–H and O–H groups in total. The predicted octanol–water partition coefficient (Wildman–Crippen LogP) is 4.04. The van der Waals surface area contributed by atoms with E-state index in [1.54, 1.807) is 13.8 Å². The second kappa shape index (κ2) is 16.1. The fraction of sp³-hybridized carbons (Fsp3) is 0.900. The van der Waals surface area contributed by atoms with Crippen molar-refractivity contribution in [1.82, 2.24) is 0 Å². The van der Waals surface area contributed by atoms with Crippen molar-refractivity contribution in [3.8, 4) is 0 Å². The van der Waals surface area contributed by atoms with Crippen molar-refractivity contribution in [1.29, 1.82) is 0 Å². The van der Waals surface area contributed by atoms with Gasteiger partial charge >= 0.3 is 11.9 Å². The van der Waals surface area contributed by atoms with Crippen LogP contribution < -0.4 is 0 Å². The first-order valence-electron chi connectivity index (χ1n) is 9.62. The minimum absolute atomic E-state index is 0.0645. The van der Waals surface area contributed by atoms with Crippen LogP contribution >= 0.6 is 0 Å². The van der Waals surface area contributed by atoms with Crippen LogP contribution in [0.1, 0.15) is 81.1 Å². The summed E-state index contributed by atoms with van der Waals surface area (Å²) in [7, 11) is 0. The van der Waals surface area contributed by atoms with Gasteiger partial charge in [0.2, 0.25) is 0 Å². The van der Waals surface area contributed by atoms with Crippen molar-refractivity contribution in [3.05, 3.63) is 0 Å². The van der Waals surface area contributed by atoms with Crippen molar-refractivity contribution in [2.45, 2.75) is 87.2 Å². The zero-order valence-electron chi connectivity index (χ0n) is 18.0. The third-order valence-electron chi connectivity index (χ3n) is 5.13. The number of carboxylic acids is 2. The number of carboxylic acid groups (broad SMARTS) is 2. The molecule has 5 unspecified atom stereocenters. The lowest BCUT2D eigenvalue weighted by molar-refractivity contribution is -0.142. The van der Waals surface area contributed by atoms with Gasteiger partial charge in [0, 0.05) is 5.41 Å². The Balaban J connectivity index is -0.000000326. The van der Waals surface area contributed by atoms with Gasteiger partial charge in [-0.05, 0) is 25.2 Å². The Hall–Kier alpha value is -1.14. The molecule has 0 bridgehead atoms. The molecule has 0 aliphatic rings. The highest BCUT2D eigenvalue weighted by atomic mass is 16.4. The third-order valence-corrected chi connectivity index (χ3v) is 5.13. The van der Waals surface area contributed by atoms with Crippen LogP contribution in [0, 0.1) is 23.2 Å². The van der Waals surface area contributed by atoms with E-state index >= 15 is 0 Å². The fourth-order valence-corrected chi connectivity index (χ4v) is 1.67.